The molecule has 0 aliphatic carbocycles. The van der Waals surface area contributed by atoms with E-state index in [1.807, 2.05) is 29.2 Å². The number of hydrogen-bond donors (Lipinski definition) is 1. The quantitative estimate of drug-likeness (QED) is 0.771. The third kappa shape index (κ3) is 3.13. The van der Waals surface area contributed by atoms with Gasteiger partial charge in [0.05, 0.1) is 0 Å². The fourth-order valence-corrected chi connectivity index (χ4v) is 3.10. The van der Waals surface area contributed by atoms with Gasteiger partial charge in [-0.2, -0.15) is 14.6 Å². The normalized spacial score (nSPS) is 14.6. The van der Waals surface area contributed by atoms with E-state index in [4.69, 9.17) is 0 Å². The van der Waals surface area contributed by atoms with Crippen molar-refractivity contribution < 1.29 is 9.59 Å². The average molecular weight is 350 g/mol. The van der Waals surface area contributed by atoms with Gasteiger partial charge in [-0.25, -0.2) is 4.98 Å². The minimum Gasteiger partial charge on any atom is -0.347 e. The van der Waals surface area contributed by atoms with Crippen molar-refractivity contribution in [2.24, 2.45) is 0 Å². The number of rotatable bonds is 4. The Morgan fingerprint density at radius 2 is 2.12 bits per heavy atom. The molecule has 1 fully saturated rings. The SMILES string of the molecule is O=C(NCc1cccc(N2CCCCC2=O)c1)c1ccnc2ncnn12. The lowest BCUT2D eigenvalue weighted by molar-refractivity contribution is -0.119. The highest BCUT2D eigenvalue weighted by Gasteiger charge is 2.19. The third-order valence-corrected chi connectivity index (χ3v) is 4.41. The number of carbonyl (C=O) groups excluding carboxylic acids is 2. The molecule has 0 atom stereocenters. The summed E-state index contributed by atoms with van der Waals surface area (Å²) in [7, 11) is 0. The van der Waals surface area contributed by atoms with Crippen molar-refractivity contribution in [1.29, 1.82) is 0 Å². The maximum Gasteiger partial charge on any atom is 0.270 e. The Kier molecular flexibility index (Phi) is 4.30. The predicted octanol–water partition coefficient (Wildman–Crippen LogP) is 1.57. The summed E-state index contributed by atoms with van der Waals surface area (Å²) in [4.78, 5) is 34.4. The molecule has 3 aromatic rings. The van der Waals surface area contributed by atoms with Crippen molar-refractivity contribution in [3.05, 3.63) is 54.1 Å². The number of fused-ring (bicyclic) bond motifs is 1. The van der Waals surface area contributed by atoms with Crippen LogP contribution in [0.3, 0.4) is 0 Å². The Balaban J connectivity index is 1.48. The van der Waals surface area contributed by atoms with Gasteiger partial charge in [0.15, 0.2) is 0 Å². The lowest BCUT2D eigenvalue weighted by Gasteiger charge is -2.27. The summed E-state index contributed by atoms with van der Waals surface area (Å²) < 4.78 is 1.40. The number of nitrogens with zero attached hydrogens (tertiary/aromatic N) is 5. The molecule has 8 nitrogen and oxygen atoms in total. The first-order valence-corrected chi connectivity index (χ1v) is 8.54. The van der Waals surface area contributed by atoms with Crippen molar-refractivity contribution in [3.63, 3.8) is 0 Å². The largest absolute Gasteiger partial charge is 0.347 e. The molecule has 1 aromatic carbocycles. The van der Waals surface area contributed by atoms with Gasteiger partial charge in [-0.15, -0.1) is 0 Å². The molecule has 0 radical (unpaired) electrons. The highest BCUT2D eigenvalue weighted by atomic mass is 16.2. The fraction of sp³-hybridized carbons (Fsp3) is 0.278. The molecular weight excluding hydrogens is 332 g/mol. The summed E-state index contributed by atoms with van der Waals surface area (Å²) in [5.41, 5.74) is 2.18. The molecule has 1 aliphatic heterocycles. The molecule has 0 saturated carbocycles. The van der Waals surface area contributed by atoms with E-state index in [0.717, 1.165) is 30.6 Å². The number of amides is 2. The van der Waals surface area contributed by atoms with Gasteiger partial charge in [0.25, 0.3) is 11.7 Å². The van der Waals surface area contributed by atoms with E-state index in [1.54, 1.807) is 6.07 Å². The second-order valence-electron chi connectivity index (χ2n) is 6.16. The van der Waals surface area contributed by atoms with E-state index >= 15 is 0 Å². The maximum absolute atomic E-state index is 12.5. The summed E-state index contributed by atoms with van der Waals surface area (Å²) in [6.07, 6.45) is 5.45. The van der Waals surface area contributed by atoms with Crippen LogP contribution >= 0.6 is 0 Å². The van der Waals surface area contributed by atoms with Crippen LogP contribution in [0, 0.1) is 0 Å². The number of nitrogens with one attached hydrogen (secondary N) is 1. The van der Waals surface area contributed by atoms with Gasteiger partial charge in [-0.1, -0.05) is 12.1 Å². The minimum absolute atomic E-state index is 0.155. The number of anilines is 1. The zero-order valence-corrected chi connectivity index (χ0v) is 14.1. The van der Waals surface area contributed by atoms with Gasteiger partial charge < -0.3 is 10.2 Å². The monoisotopic (exact) mass is 350 g/mol. The zero-order chi connectivity index (χ0) is 17.9. The fourth-order valence-electron chi connectivity index (χ4n) is 3.10. The topological polar surface area (TPSA) is 92.5 Å². The summed E-state index contributed by atoms with van der Waals surface area (Å²) >= 11 is 0. The van der Waals surface area contributed by atoms with Crippen LogP contribution in [0.4, 0.5) is 5.69 Å². The summed E-state index contributed by atoms with van der Waals surface area (Å²) in [5, 5.41) is 6.90. The van der Waals surface area contributed by atoms with Crippen molar-refractivity contribution in [2.45, 2.75) is 25.8 Å². The van der Waals surface area contributed by atoms with E-state index in [9.17, 15) is 9.59 Å². The van der Waals surface area contributed by atoms with Crippen molar-refractivity contribution in [3.8, 4) is 0 Å². The minimum atomic E-state index is -0.262. The first-order chi connectivity index (χ1) is 12.7. The highest BCUT2D eigenvalue weighted by molar-refractivity contribution is 5.94. The molecule has 1 N–H and O–H groups in total. The molecule has 132 valence electrons. The van der Waals surface area contributed by atoms with E-state index in [2.05, 4.69) is 20.4 Å². The molecule has 3 heterocycles. The Bertz CT molecular complexity index is 967. The number of carbonyl (C=O) groups is 2. The average Bonchev–Trinajstić information content (AvgIpc) is 3.15. The van der Waals surface area contributed by atoms with Gasteiger partial charge in [0, 0.05) is 31.4 Å². The summed E-state index contributed by atoms with van der Waals surface area (Å²) in [5.74, 6) is 0.272. The van der Waals surface area contributed by atoms with Crippen LogP contribution < -0.4 is 10.2 Å². The second kappa shape index (κ2) is 6.91. The third-order valence-electron chi connectivity index (χ3n) is 4.41. The van der Waals surface area contributed by atoms with Crippen LogP contribution in [0.5, 0.6) is 0 Å². The molecule has 2 amide bonds. The van der Waals surface area contributed by atoms with E-state index in [-0.39, 0.29) is 11.8 Å². The smallest absolute Gasteiger partial charge is 0.270 e. The zero-order valence-electron chi connectivity index (χ0n) is 14.1. The number of aromatic nitrogens is 4. The van der Waals surface area contributed by atoms with E-state index in [0.29, 0.717) is 24.4 Å². The van der Waals surface area contributed by atoms with Crippen molar-refractivity contribution in [1.82, 2.24) is 24.9 Å². The van der Waals surface area contributed by atoms with E-state index < -0.39 is 0 Å². The van der Waals surface area contributed by atoms with Gasteiger partial charge in [0.1, 0.15) is 12.0 Å². The molecule has 8 heteroatoms. The number of benzene rings is 1. The van der Waals surface area contributed by atoms with Gasteiger partial charge in [-0.05, 0) is 36.6 Å². The molecule has 0 spiro atoms. The van der Waals surface area contributed by atoms with Crippen LogP contribution in [0.2, 0.25) is 0 Å². The molecule has 1 saturated heterocycles. The Morgan fingerprint density at radius 3 is 3.00 bits per heavy atom. The number of hydrogen-bond acceptors (Lipinski definition) is 5. The van der Waals surface area contributed by atoms with Gasteiger partial charge >= 0.3 is 0 Å². The molecule has 2 aromatic heterocycles. The van der Waals surface area contributed by atoms with Crippen LogP contribution in [-0.4, -0.2) is 37.9 Å². The van der Waals surface area contributed by atoms with Crippen molar-refractivity contribution in [2.75, 3.05) is 11.4 Å². The lowest BCUT2D eigenvalue weighted by Crippen LogP contribution is -2.35. The standard InChI is InChI=1S/C18H18N6O2/c25-16-6-1-2-9-23(16)14-5-3-4-13(10-14)11-20-17(26)15-7-8-19-18-21-12-22-24(15)18/h3-5,7-8,10,12H,1-2,6,9,11H2,(H,20,26). The van der Waals surface area contributed by atoms with Crippen LogP contribution in [0.25, 0.3) is 5.78 Å². The van der Waals surface area contributed by atoms with Gasteiger partial charge in [0.2, 0.25) is 5.91 Å². The first kappa shape index (κ1) is 16.2. The Hall–Kier alpha value is -3.29. The molecule has 1 aliphatic rings. The molecular formula is C18H18N6O2. The lowest BCUT2D eigenvalue weighted by atomic mass is 10.1. The second-order valence-corrected chi connectivity index (χ2v) is 6.16. The predicted molar refractivity (Wildman–Crippen MR) is 94.6 cm³/mol. The Morgan fingerprint density at radius 1 is 1.19 bits per heavy atom. The summed E-state index contributed by atoms with van der Waals surface area (Å²) in [6.45, 7) is 1.10. The Labute approximate surface area is 149 Å². The number of piperidine rings is 1. The molecule has 26 heavy (non-hydrogen) atoms. The maximum atomic E-state index is 12.5. The molecule has 0 unspecified atom stereocenters. The van der Waals surface area contributed by atoms with E-state index in [1.165, 1.54) is 17.0 Å². The summed E-state index contributed by atoms with van der Waals surface area (Å²) in [6, 6.07) is 9.30. The van der Waals surface area contributed by atoms with Crippen LogP contribution in [0.15, 0.2) is 42.9 Å². The molecule has 4 rings (SSSR count). The van der Waals surface area contributed by atoms with Crippen LogP contribution in [0.1, 0.15) is 35.3 Å². The van der Waals surface area contributed by atoms with Crippen molar-refractivity contribution >= 4 is 23.3 Å². The molecule has 0 bridgehead atoms. The van der Waals surface area contributed by atoms with Gasteiger partial charge in [-0.3, -0.25) is 9.59 Å². The highest BCUT2D eigenvalue weighted by Crippen LogP contribution is 2.21. The van der Waals surface area contributed by atoms with Crippen LogP contribution in [-0.2, 0) is 11.3 Å². The first-order valence-electron chi connectivity index (χ1n) is 8.54.